The Morgan fingerprint density at radius 1 is 0.548 bits per heavy atom. The van der Waals surface area contributed by atoms with Gasteiger partial charge < -0.3 is 32.7 Å². The molecule has 7 aromatic heterocycles. The van der Waals surface area contributed by atoms with E-state index in [1.165, 1.54) is 22.7 Å². The lowest BCUT2D eigenvalue weighted by molar-refractivity contribution is 0.101. The Bertz CT molecular complexity index is 3280. The van der Waals surface area contributed by atoms with Crippen molar-refractivity contribution in [2.75, 3.05) is 32.7 Å². The molecule has 0 aliphatic carbocycles. The van der Waals surface area contributed by atoms with Crippen molar-refractivity contribution in [2.24, 2.45) is 0 Å². The molecule has 0 spiro atoms. The van der Waals surface area contributed by atoms with Crippen LogP contribution in [0.2, 0.25) is 0 Å². The van der Waals surface area contributed by atoms with Gasteiger partial charge >= 0.3 is 0 Å². The number of carbonyl (C=O) groups is 2. The highest BCUT2D eigenvalue weighted by atomic mass is 32.1. The standard InChI is InChI=1S/C45H33N13O2S2/c46-32-20-28(10-16-33(32)55-42(59)26-6-12-30(13-7-26)53-44-51-23-37(61-44)35-21-49-39-5-1-2-19-57(35)39)29-11-17-40-50-22-36(58(40)25-29)38-24-52-45(62-38)54-31-14-8-27(9-15-31)43(60)56-34-4-3-18-48-41(34)47/h1-25H,46H2,(H2,47,48)(H,51,53)(H,52,54)(H,55,59)(H,56,60). The van der Waals surface area contributed by atoms with Crippen LogP contribution in [0.15, 0.2) is 153 Å². The molecule has 7 heterocycles. The molecule has 2 amide bonds. The van der Waals surface area contributed by atoms with Gasteiger partial charge in [0.2, 0.25) is 0 Å². The highest BCUT2D eigenvalue weighted by Crippen LogP contribution is 2.34. The van der Waals surface area contributed by atoms with E-state index in [1.807, 2.05) is 107 Å². The van der Waals surface area contributed by atoms with E-state index in [-0.39, 0.29) is 17.6 Å². The molecule has 10 aromatic rings. The minimum Gasteiger partial charge on any atom is -0.397 e. The van der Waals surface area contributed by atoms with Gasteiger partial charge in [-0.15, -0.1) is 0 Å². The third kappa shape index (κ3) is 7.63. The first-order chi connectivity index (χ1) is 30.3. The quantitative estimate of drug-likeness (QED) is 0.0676. The van der Waals surface area contributed by atoms with Crippen molar-refractivity contribution >= 4 is 90.3 Å². The van der Waals surface area contributed by atoms with E-state index in [2.05, 4.69) is 46.2 Å². The summed E-state index contributed by atoms with van der Waals surface area (Å²) >= 11 is 2.99. The maximum absolute atomic E-state index is 13.3. The maximum atomic E-state index is 13.3. The van der Waals surface area contributed by atoms with E-state index < -0.39 is 0 Å². The number of nitrogen functional groups attached to an aromatic ring is 2. The zero-order chi connectivity index (χ0) is 42.2. The molecule has 62 heavy (non-hydrogen) atoms. The molecule has 302 valence electrons. The third-order valence-corrected chi connectivity index (χ3v) is 11.8. The Hall–Kier alpha value is -8.41. The summed E-state index contributed by atoms with van der Waals surface area (Å²) in [5.41, 5.74) is 21.5. The van der Waals surface area contributed by atoms with Crippen molar-refractivity contribution in [3.05, 3.63) is 164 Å². The number of nitrogens with zero attached hydrogens (tertiary/aromatic N) is 7. The van der Waals surface area contributed by atoms with Gasteiger partial charge in [0.1, 0.15) is 17.1 Å². The second-order valence-corrected chi connectivity index (χ2v) is 16.0. The van der Waals surface area contributed by atoms with Gasteiger partial charge in [-0.05, 0) is 108 Å². The molecule has 0 saturated carbocycles. The lowest BCUT2D eigenvalue weighted by atomic mass is 10.1. The van der Waals surface area contributed by atoms with E-state index in [4.69, 9.17) is 11.5 Å². The van der Waals surface area contributed by atoms with Crippen LogP contribution in [0, 0.1) is 0 Å². The lowest BCUT2D eigenvalue weighted by Crippen LogP contribution is -2.13. The van der Waals surface area contributed by atoms with Gasteiger partial charge in [-0.2, -0.15) is 0 Å². The van der Waals surface area contributed by atoms with E-state index in [9.17, 15) is 9.59 Å². The topological polar surface area (TPSA) is 208 Å². The van der Waals surface area contributed by atoms with Crippen molar-refractivity contribution in [1.29, 1.82) is 0 Å². The average Bonchev–Trinajstić information content (AvgIpc) is 4.12. The fraction of sp³-hybridized carbons (Fsp3) is 0. The highest BCUT2D eigenvalue weighted by molar-refractivity contribution is 7.19. The number of amides is 2. The van der Waals surface area contributed by atoms with Gasteiger partial charge in [0, 0.05) is 53.5 Å². The number of benzene rings is 3. The van der Waals surface area contributed by atoms with Gasteiger partial charge in [-0.25, -0.2) is 24.9 Å². The molecule has 0 saturated heterocycles. The van der Waals surface area contributed by atoms with Gasteiger partial charge in [0.15, 0.2) is 10.3 Å². The number of rotatable bonds is 11. The van der Waals surface area contributed by atoms with Crippen LogP contribution in [-0.2, 0) is 0 Å². The molecule has 8 N–H and O–H groups in total. The first-order valence-electron chi connectivity index (χ1n) is 19.1. The zero-order valence-corrected chi connectivity index (χ0v) is 34.0. The van der Waals surface area contributed by atoms with Crippen LogP contribution in [0.5, 0.6) is 0 Å². The van der Waals surface area contributed by atoms with E-state index >= 15 is 0 Å². The number of imidazole rings is 2. The van der Waals surface area contributed by atoms with E-state index in [0.717, 1.165) is 60.1 Å². The number of hydrogen-bond acceptors (Lipinski definition) is 13. The Balaban J connectivity index is 0.779. The molecule has 15 nitrogen and oxygen atoms in total. The van der Waals surface area contributed by atoms with Crippen molar-refractivity contribution in [2.45, 2.75) is 0 Å². The molecule has 0 fully saturated rings. The van der Waals surface area contributed by atoms with E-state index in [0.29, 0.717) is 33.3 Å². The number of nitrogens with two attached hydrogens (primary N) is 2. The fourth-order valence-corrected chi connectivity index (χ4v) is 8.46. The first kappa shape index (κ1) is 37.8. The second kappa shape index (κ2) is 16.0. The highest BCUT2D eigenvalue weighted by Gasteiger charge is 2.15. The van der Waals surface area contributed by atoms with Crippen LogP contribution < -0.4 is 32.7 Å². The minimum absolute atomic E-state index is 0.249. The summed E-state index contributed by atoms with van der Waals surface area (Å²) in [5.74, 6) is -0.324. The third-order valence-electron chi connectivity index (χ3n) is 9.96. The van der Waals surface area contributed by atoms with Crippen LogP contribution >= 0.6 is 22.7 Å². The first-order valence-corrected chi connectivity index (χ1v) is 20.7. The van der Waals surface area contributed by atoms with Gasteiger partial charge in [-0.3, -0.25) is 18.4 Å². The Kier molecular flexibility index (Phi) is 9.75. The van der Waals surface area contributed by atoms with Crippen LogP contribution in [0.1, 0.15) is 20.7 Å². The molecule has 0 aliphatic heterocycles. The van der Waals surface area contributed by atoms with Crippen molar-refractivity contribution in [3.63, 3.8) is 0 Å². The number of hydrogen-bond donors (Lipinski definition) is 6. The van der Waals surface area contributed by atoms with Gasteiger partial charge in [-0.1, -0.05) is 34.8 Å². The summed E-state index contributed by atoms with van der Waals surface area (Å²) in [6.45, 7) is 0. The summed E-state index contributed by atoms with van der Waals surface area (Å²) in [6, 6.07) is 33.0. The second-order valence-electron chi connectivity index (χ2n) is 14.0. The normalized spacial score (nSPS) is 11.2. The van der Waals surface area contributed by atoms with Crippen LogP contribution in [0.4, 0.5) is 44.5 Å². The molecular formula is C45H33N13O2S2. The van der Waals surface area contributed by atoms with Crippen LogP contribution in [-0.4, -0.2) is 45.5 Å². The van der Waals surface area contributed by atoms with Crippen molar-refractivity contribution < 1.29 is 9.59 Å². The Labute approximate surface area is 360 Å². The van der Waals surface area contributed by atoms with Gasteiger partial charge in [0.05, 0.1) is 50.6 Å². The summed E-state index contributed by atoms with van der Waals surface area (Å²) in [7, 11) is 0. The monoisotopic (exact) mass is 851 g/mol. The number of nitrogens with one attached hydrogen (secondary N) is 4. The number of thiazole rings is 2. The lowest BCUT2D eigenvalue weighted by Gasteiger charge is -2.11. The molecule has 3 aromatic carbocycles. The Morgan fingerprint density at radius 3 is 1.77 bits per heavy atom. The smallest absolute Gasteiger partial charge is 0.255 e. The number of fused-ring (bicyclic) bond motifs is 2. The zero-order valence-electron chi connectivity index (χ0n) is 32.4. The van der Waals surface area contributed by atoms with Crippen molar-refractivity contribution in [3.8, 4) is 32.3 Å². The average molecular weight is 852 g/mol. The molecule has 0 atom stereocenters. The molecule has 0 unspecified atom stereocenters. The van der Waals surface area contributed by atoms with Crippen LogP contribution in [0.25, 0.3) is 43.6 Å². The molecule has 0 bridgehead atoms. The minimum atomic E-state index is -0.291. The summed E-state index contributed by atoms with van der Waals surface area (Å²) < 4.78 is 4.03. The fourth-order valence-electron chi connectivity index (χ4n) is 6.77. The SMILES string of the molecule is Nc1cc(-c2ccc3ncc(-c4cnc(Nc5ccc(C(=O)Nc6cccnc6N)cc5)s4)n3c2)ccc1NC(=O)c1ccc(Nc2ncc(-c3cnc4ccccn34)s2)cc1. The molecular weight excluding hydrogens is 819 g/mol. The number of pyridine rings is 3. The predicted octanol–water partition coefficient (Wildman–Crippen LogP) is 9.45. The van der Waals surface area contributed by atoms with Crippen LogP contribution in [0.3, 0.4) is 0 Å². The molecule has 0 aliphatic rings. The molecule has 0 radical (unpaired) electrons. The predicted molar refractivity (Wildman–Crippen MR) is 246 cm³/mol. The summed E-state index contributed by atoms with van der Waals surface area (Å²) in [4.78, 5) is 50.1. The Morgan fingerprint density at radius 2 is 1.15 bits per heavy atom. The van der Waals surface area contributed by atoms with Gasteiger partial charge in [0.25, 0.3) is 11.8 Å². The molecule has 10 rings (SSSR count). The number of aromatic nitrogens is 7. The molecule has 17 heteroatoms. The largest absolute Gasteiger partial charge is 0.397 e. The van der Waals surface area contributed by atoms with E-state index in [1.54, 1.807) is 54.9 Å². The number of carbonyl (C=O) groups excluding carboxylic acids is 2. The number of anilines is 8. The maximum Gasteiger partial charge on any atom is 0.255 e. The summed E-state index contributed by atoms with van der Waals surface area (Å²) in [5, 5.41) is 13.8. The van der Waals surface area contributed by atoms with Crippen molar-refractivity contribution in [1.82, 2.24) is 33.7 Å². The summed E-state index contributed by atoms with van der Waals surface area (Å²) in [6.07, 6.45) is 12.8.